The fraction of sp³-hybridized carbons (Fsp3) is 0.462. The average Bonchev–Trinajstić information content (AvgIpc) is 2.38. The van der Waals surface area contributed by atoms with Crippen LogP contribution < -0.4 is 10.6 Å². The highest BCUT2D eigenvalue weighted by molar-refractivity contribution is 5.97. The highest BCUT2D eigenvalue weighted by Crippen LogP contribution is 2.28. The van der Waals surface area contributed by atoms with Gasteiger partial charge in [0.25, 0.3) is 0 Å². The maximum atomic E-state index is 11.1. The van der Waals surface area contributed by atoms with E-state index in [0.29, 0.717) is 12.3 Å². The van der Waals surface area contributed by atoms with Crippen molar-refractivity contribution >= 4 is 17.3 Å². The SMILES string of the molecule is CCC1CN(c2cccc(C(=O)O)c2N)CCO1. The molecule has 1 aliphatic heterocycles. The van der Waals surface area contributed by atoms with Gasteiger partial charge in [0.2, 0.25) is 0 Å². The van der Waals surface area contributed by atoms with Crippen LogP contribution in [0.3, 0.4) is 0 Å². The lowest BCUT2D eigenvalue weighted by molar-refractivity contribution is 0.0385. The fourth-order valence-corrected chi connectivity index (χ4v) is 2.20. The topological polar surface area (TPSA) is 75.8 Å². The van der Waals surface area contributed by atoms with Crippen LogP contribution in [-0.4, -0.2) is 36.9 Å². The van der Waals surface area contributed by atoms with Gasteiger partial charge < -0.3 is 20.5 Å². The molecule has 0 spiro atoms. The number of rotatable bonds is 3. The van der Waals surface area contributed by atoms with Crippen LogP contribution in [0.15, 0.2) is 18.2 Å². The molecule has 0 radical (unpaired) electrons. The van der Waals surface area contributed by atoms with E-state index in [1.807, 2.05) is 6.07 Å². The van der Waals surface area contributed by atoms with Gasteiger partial charge in [0.05, 0.1) is 29.6 Å². The Labute approximate surface area is 106 Å². The molecule has 0 aromatic heterocycles. The summed E-state index contributed by atoms with van der Waals surface area (Å²) in [5.41, 5.74) is 7.22. The monoisotopic (exact) mass is 250 g/mol. The van der Waals surface area contributed by atoms with Crippen LogP contribution in [0.2, 0.25) is 0 Å². The summed E-state index contributed by atoms with van der Waals surface area (Å²) in [6, 6.07) is 5.12. The Morgan fingerprint density at radius 1 is 1.61 bits per heavy atom. The van der Waals surface area contributed by atoms with E-state index in [1.165, 1.54) is 6.07 Å². The second kappa shape index (κ2) is 5.27. The maximum absolute atomic E-state index is 11.1. The van der Waals surface area contributed by atoms with Crippen molar-refractivity contribution in [3.63, 3.8) is 0 Å². The second-order valence-electron chi connectivity index (χ2n) is 4.39. The van der Waals surface area contributed by atoms with Gasteiger partial charge in [-0.1, -0.05) is 13.0 Å². The van der Waals surface area contributed by atoms with Gasteiger partial charge in [-0.25, -0.2) is 4.79 Å². The van der Waals surface area contributed by atoms with Gasteiger partial charge >= 0.3 is 5.97 Å². The molecule has 1 fully saturated rings. The number of aromatic carboxylic acids is 1. The quantitative estimate of drug-likeness (QED) is 0.797. The molecule has 1 aromatic rings. The van der Waals surface area contributed by atoms with Crippen molar-refractivity contribution in [2.45, 2.75) is 19.4 Å². The predicted molar refractivity (Wildman–Crippen MR) is 70.1 cm³/mol. The molecule has 1 aromatic carbocycles. The van der Waals surface area contributed by atoms with Crippen molar-refractivity contribution in [3.05, 3.63) is 23.8 Å². The van der Waals surface area contributed by atoms with E-state index < -0.39 is 5.97 Å². The molecule has 1 aliphatic rings. The number of hydrogen-bond acceptors (Lipinski definition) is 4. The molecule has 5 heteroatoms. The van der Waals surface area contributed by atoms with Crippen LogP contribution in [0, 0.1) is 0 Å². The smallest absolute Gasteiger partial charge is 0.337 e. The summed E-state index contributed by atoms with van der Waals surface area (Å²) in [4.78, 5) is 13.2. The summed E-state index contributed by atoms with van der Waals surface area (Å²) in [5, 5.41) is 9.06. The molecule has 2 rings (SSSR count). The van der Waals surface area contributed by atoms with Gasteiger partial charge in [0, 0.05) is 13.1 Å². The van der Waals surface area contributed by atoms with Crippen LogP contribution in [0.25, 0.3) is 0 Å². The number of morpholine rings is 1. The first-order valence-electron chi connectivity index (χ1n) is 6.11. The fourth-order valence-electron chi connectivity index (χ4n) is 2.20. The Hall–Kier alpha value is -1.75. The Morgan fingerprint density at radius 2 is 2.39 bits per heavy atom. The molecule has 0 saturated carbocycles. The third-order valence-electron chi connectivity index (χ3n) is 3.25. The Balaban J connectivity index is 2.27. The zero-order valence-electron chi connectivity index (χ0n) is 10.4. The zero-order valence-corrected chi connectivity index (χ0v) is 10.4. The number of ether oxygens (including phenoxy) is 1. The lowest BCUT2D eigenvalue weighted by atomic mass is 10.1. The molecule has 0 bridgehead atoms. The lowest BCUT2D eigenvalue weighted by Crippen LogP contribution is -2.42. The minimum Gasteiger partial charge on any atom is -0.478 e. The molecule has 0 aliphatic carbocycles. The average molecular weight is 250 g/mol. The Morgan fingerprint density at radius 3 is 3.06 bits per heavy atom. The molecule has 1 atom stereocenters. The molecule has 98 valence electrons. The van der Waals surface area contributed by atoms with E-state index >= 15 is 0 Å². The number of anilines is 2. The third-order valence-corrected chi connectivity index (χ3v) is 3.25. The molecule has 1 heterocycles. The summed E-state index contributed by atoms with van der Waals surface area (Å²) >= 11 is 0. The summed E-state index contributed by atoms with van der Waals surface area (Å²) in [5.74, 6) is -0.991. The number of nitrogens with two attached hydrogens (primary N) is 1. The van der Waals surface area contributed by atoms with E-state index in [9.17, 15) is 4.79 Å². The second-order valence-corrected chi connectivity index (χ2v) is 4.39. The number of nitrogen functional groups attached to an aromatic ring is 1. The minimum absolute atomic E-state index is 0.159. The number of carboxylic acid groups (broad SMARTS) is 1. The first kappa shape index (κ1) is 12.7. The molecular weight excluding hydrogens is 232 g/mol. The summed E-state index contributed by atoms with van der Waals surface area (Å²) < 4.78 is 5.60. The highest BCUT2D eigenvalue weighted by atomic mass is 16.5. The van der Waals surface area contributed by atoms with Crippen molar-refractivity contribution in [2.75, 3.05) is 30.3 Å². The van der Waals surface area contributed by atoms with Crippen molar-refractivity contribution < 1.29 is 14.6 Å². The number of benzene rings is 1. The van der Waals surface area contributed by atoms with Gasteiger partial charge in [-0.3, -0.25) is 0 Å². The predicted octanol–water partition coefficient (Wildman–Crippen LogP) is 1.58. The molecule has 1 saturated heterocycles. The van der Waals surface area contributed by atoms with Crippen LogP contribution in [-0.2, 0) is 4.74 Å². The standard InChI is InChI=1S/C13H18N2O3/c1-2-9-8-15(6-7-18-9)11-5-3-4-10(12(11)14)13(16)17/h3-5,9H,2,6-8,14H2,1H3,(H,16,17). The number of carboxylic acids is 1. The first-order valence-corrected chi connectivity index (χ1v) is 6.11. The van der Waals surface area contributed by atoms with Crippen LogP contribution in [0.4, 0.5) is 11.4 Å². The molecule has 1 unspecified atom stereocenters. The van der Waals surface area contributed by atoms with E-state index in [0.717, 1.165) is 25.2 Å². The summed E-state index contributed by atoms with van der Waals surface area (Å²) in [6.07, 6.45) is 1.13. The van der Waals surface area contributed by atoms with Gasteiger partial charge in [-0.05, 0) is 18.6 Å². The number of carbonyl (C=O) groups is 1. The van der Waals surface area contributed by atoms with Gasteiger partial charge in [0.15, 0.2) is 0 Å². The third kappa shape index (κ3) is 2.41. The lowest BCUT2D eigenvalue weighted by Gasteiger charge is -2.35. The summed E-state index contributed by atoms with van der Waals surface area (Å²) in [6.45, 7) is 4.22. The van der Waals surface area contributed by atoms with E-state index in [2.05, 4.69) is 11.8 Å². The van der Waals surface area contributed by atoms with Crippen LogP contribution >= 0.6 is 0 Å². The van der Waals surface area contributed by atoms with Gasteiger partial charge in [-0.15, -0.1) is 0 Å². The molecule has 18 heavy (non-hydrogen) atoms. The number of para-hydroxylation sites is 1. The van der Waals surface area contributed by atoms with Crippen molar-refractivity contribution in [1.29, 1.82) is 0 Å². The minimum atomic E-state index is -0.991. The van der Waals surface area contributed by atoms with Gasteiger partial charge in [0.1, 0.15) is 0 Å². The maximum Gasteiger partial charge on any atom is 0.337 e. The van der Waals surface area contributed by atoms with Crippen molar-refractivity contribution in [1.82, 2.24) is 0 Å². The first-order chi connectivity index (χ1) is 8.63. The Kier molecular flexibility index (Phi) is 3.72. The summed E-state index contributed by atoms with van der Waals surface area (Å²) in [7, 11) is 0. The van der Waals surface area contributed by atoms with Gasteiger partial charge in [-0.2, -0.15) is 0 Å². The van der Waals surface area contributed by atoms with E-state index in [-0.39, 0.29) is 11.7 Å². The molecule has 0 amide bonds. The van der Waals surface area contributed by atoms with Crippen molar-refractivity contribution in [2.24, 2.45) is 0 Å². The molecule has 3 N–H and O–H groups in total. The van der Waals surface area contributed by atoms with E-state index in [1.54, 1.807) is 6.07 Å². The number of hydrogen-bond donors (Lipinski definition) is 2. The molecular formula is C13H18N2O3. The largest absolute Gasteiger partial charge is 0.478 e. The zero-order chi connectivity index (χ0) is 13.1. The Bertz CT molecular complexity index is 448. The highest BCUT2D eigenvalue weighted by Gasteiger charge is 2.22. The normalized spacial score (nSPS) is 19.8. The van der Waals surface area contributed by atoms with Crippen LogP contribution in [0.5, 0.6) is 0 Å². The molecule has 5 nitrogen and oxygen atoms in total. The van der Waals surface area contributed by atoms with Crippen molar-refractivity contribution in [3.8, 4) is 0 Å². The number of nitrogens with zero attached hydrogens (tertiary/aromatic N) is 1. The van der Waals surface area contributed by atoms with Crippen LogP contribution in [0.1, 0.15) is 23.7 Å². The van der Waals surface area contributed by atoms with E-state index in [4.69, 9.17) is 15.6 Å².